The zero-order chi connectivity index (χ0) is 12.4. The Balaban J connectivity index is 2.17. The summed E-state index contributed by atoms with van der Waals surface area (Å²) in [5, 5.41) is 9.35. The fourth-order valence-electron chi connectivity index (χ4n) is 2.30. The molecule has 0 spiro atoms. The van der Waals surface area contributed by atoms with Crippen LogP contribution < -0.4 is 0 Å². The molecule has 3 nitrogen and oxygen atoms in total. The van der Waals surface area contributed by atoms with Gasteiger partial charge in [0.1, 0.15) is 0 Å². The van der Waals surface area contributed by atoms with Gasteiger partial charge in [-0.25, -0.2) is 0 Å². The number of hydrogen-bond donors (Lipinski definition) is 1. The largest absolute Gasteiger partial charge is 0.394 e. The van der Waals surface area contributed by atoms with Gasteiger partial charge in [0.25, 0.3) is 5.91 Å². The first kappa shape index (κ1) is 12.8. The summed E-state index contributed by atoms with van der Waals surface area (Å²) in [6.45, 7) is 2.89. The quantitative estimate of drug-likeness (QED) is 0.835. The van der Waals surface area contributed by atoms with E-state index >= 15 is 0 Å². The van der Waals surface area contributed by atoms with E-state index < -0.39 is 0 Å². The Morgan fingerprint density at radius 1 is 1.47 bits per heavy atom. The highest BCUT2D eigenvalue weighted by Crippen LogP contribution is 2.25. The first-order valence-electron chi connectivity index (χ1n) is 5.81. The average molecular weight is 345 g/mol. The van der Waals surface area contributed by atoms with Crippen molar-refractivity contribution >= 4 is 28.5 Å². The summed E-state index contributed by atoms with van der Waals surface area (Å²) in [4.78, 5) is 14.1. The van der Waals surface area contributed by atoms with Crippen molar-refractivity contribution in [3.8, 4) is 0 Å². The topological polar surface area (TPSA) is 40.5 Å². The second-order valence-electron chi connectivity index (χ2n) is 4.52. The number of nitrogens with zero attached hydrogens (tertiary/aromatic N) is 1. The Kier molecular flexibility index (Phi) is 4.04. The van der Waals surface area contributed by atoms with E-state index in [2.05, 4.69) is 29.5 Å². The van der Waals surface area contributed by atoms with Gasteiger partial charge < -0.3 is 10.0 Å². The molecule has 4 heteroatoms. The van der Waals surface area contributed by atoms with Gasteiger partial charge in [-0.3, -0.25) is 4.79 Å². The molecule has 2 rings (SSSR count). The van der Waals surface area contributed by atoms with Gasteiger partial charge in [-0.1, -0.05) is 6.92 Å². The van der Waals surface area contributed by atoms with Crippen LogP contribution >= 0.6 is 22.6 Å². The molecule has 1 saturated heterocycles. The van der Waals surface area contributed by atoms with E-state index in [1.165, 1.54) is 0 Å². The van der Waals surface area contributed by atoms with Gasteiger partial charge in [-0.2, -0.15) is 0 Å². The smallest absolute Gasteiger partial charge is 0.254 e. The molecule has 92 valence electrons. The summed E-state index contributed by atoms with van der Waals surface area (Å²) >= 11 is 2.22. The van der Waals surface area contributed by atoms with Gasteiger partial charge in [0.05, 0.1) is 12.6 Å². The minimum absolute atomic E-state index is 0.0261. The second-order valence-corrected chi connectivity index (χ2v) is 5.77. The Labute approximate surface area is 115 Å². The minimum Gasteiger partial charge on any atom is -0.394 e. The lowest BCUT2D eigenvalue weighted by Gasteiger charge is -2.25. The highest BCUT2D eigenvalue weighted by Gasteiger charge is 2.34. The highest BCUT2D eigenvalue weighted by molar-refractivity contribution is 14.1. The number of halogens is 1. The number of aliphatic hydroxyl groups is 1. The van der Waals surface area contributed by atoms with E-state index in [9.17, 15) is 9.90 Å². The summed E-state index contributed by atoms with van der Waals surface area (Å²) in [5.41, 5.74) is 0.706. The van der Waals surface area contributed by atoms with Gasteiger partial charge in [-0.05, 0) is 59.2 Å². The molecule has 1 aromatic carbocycles. The van der Waals surface area contributed by atoms with Crippen molar-refractivity contribution in [1.82, 2.24) is 4.90 Å². The predicted octanol–water partition coefficient (Wildman–Crippen LogP) is 2.13. The van der Waals surface area contributed by atoms with Crippen LogP contribution in [0, 0.1) is 9.49 Å². The number of aliphatic hydroxyl groups excluding tert-OH is 1. The Morgan fingerprint density at radius 2 is 2.12 bits per heavy atom. The van der Waals surface area contributed by atoms with Crippen molar-refractivity contribution in [3.63, 3.8) is 0 Å². The van der Waals surface area contributed by atoms with Gasteiger partial charge in [0.15, 0.2) is 0 Å². The fraction of sp³-hybridized carbons (Fsp3) is 0.462. The molecule has 0 bridgehead atoms. The molecule has 0 radical (unpaired) electrons. The third-order valence-corrected chi connectivity index (χ3v) is 4.14. The molecular weight excluding hydrogens is 329 g/mol. The predicted molar refractivity (Wildman–Crippen MR) is 74.9 cm³/mol. The summed E-state index contributed by atoms with van der Waals surface area (Å²) in [7, 11) is 0. The monoisotopic (exact) mass is 345 g/mol. The molecule has 0 aromatic heterocycles. The van der Waals surface area contributed by atoms with Crippen LogP contribution in [0.5, 0.6) is 0 Å². The first-order chi connectivity index (χ1) is 8.13. The van der Waals surface area contributed by atoms with E-state index in [-0.39, 0.29) is 18.6 Å². The van der Waals surface area contributed by atoms with Crippen molar-refractivity contribution in [2.75, 3.05) is 13.2 Å². The molecule has 2 unspecified atom stereocenters. The number of benzene rings is 1. The van der Waals surface area contributed by atoms with E-state index in [4.69, 9.17) is 0 Å². The average Bonchev–Trinajstić information content (AvgIpc) is 2.70. The lowest BCUT2D eigenvalue weighted by atomic mass is 10.0. The first-order valence-corrected chi connectivity index (χ1v) is 6.88. The number of rotatable bonds is 2. The highest BCUT2D eigenvalue weighted by atomic mass is 127. The maximum absolute atomic E-state index is 12.3. The number of amides is 1. The standard InChI is InChI=1S/C13H16INO2/c1-9-6-7-15(12(9)8-16)13(17)10-2-4-11(14)5-3-10/h2-5,9,12,16H,6-8H2,1H3. The number of carbonyl (C=O) groups is 1. The molecule has 0 aliphatic carbocycles. The maximum atomic E-state index is 12.3. The molecule has 1 heterocycles. The van der Waals surface area contributed by atoms with Gasteiger partial charge in [0.2, 0.25) is 0 Å². The van der Waals surface area contributed by atoms with Crippen molar-refractivity contribution < 1.29 is 9.90 Å². The van der Waals surface area contributed by atoms with Crippen LogP contribution in [-0.4, -0.2) is 35.1 Å². The van der Waals surface area contributed by atoms with Gasteiger partial charge in [0, 0.05) is 15.7 Å². The molecule has 0 saturated carbocycles. The van der Waals surface area contributed by atoms with Crippen LogP contribution in [0.4, 0.5) is 0 Å². The summed E-state index contributed by atoms with van der Waals surface area (Å²) in [5.74, 6) is 0.414. The molecule has 17 heavy (non-hydrogen) atoms. The molecule has 1 aliphatic rings. The zero-order valence-electron chi connectivity index (χ0n) is 9.77. The van der Waals surface area contributed by atoms with Crippen molar-refractivity contribution in [3.05, 3.63) is 33.4 Å². The van der Waals surface area contributed by atoms with Crippen LogP contribution in [0.15, 0.2) is 24.3 Å². The molecule has 1 amide bonds. The number of carbonyl (C=O) groups excluding carboxylic acids is 1. The fourth-order valence-corrected chi connectivity index (χ4v) is 2.66. The van der Waals surface area contributed by atoms with Crippen molar-refractivity contribution in [2.45, 2.75) is 19.4 Å². The van der Waals surface area contributed by atoms with Gasteiger partial charge >= 0.3 is 0 Å². The Morgan fingerprint density at radius 3 is 2.71 bits per heavy atom. The van der Waals surface area contributed by atoms with Crippen LogP contribution in [0.25, 0.3) is 0 Å². The lowest BCUT2D eigenvalue weighted by Crippen LogP contribution is -2.39. The normalized spacial score (nSPS) is 24.1. The van der Waals surface area contributed by atoms with Crippen LogP contribution in [0.2, 0.25) is 0 Å². The minimum atomic E-state index is -0.0261. The molecule has 1 aromatic rings. The molecule has 1 fully saturated rings. The lowest BCUT2D eigenvalue weighted by molar-refractivity contribution is 0.0648. The number of likely N-dealkylation sites (tertiary alicyclic amines) is 1. The maximum Gasteiger partial charge on any atom is 0.254 e. The van der Waals surface area contributed by atoms with Crippen molar-refractivity contribution in [2.24, 2.45) is 5.92 Å². The molecular formula is C13H16INO2. The van der Waals surface area contributed by atoms with E-state index in [1.807, 2.05) is 24.3 Å². The summed E-state index contributed by atoms with van der Waals surface area (Å²) in [6, 6.07) is 7.53. The third-order valence-electron chi connectivity index (χ3n) is 3.42. The number of hydrogen-bond acceptors (Lipinski definition) is 2. The van der Waals surface area contributed by atoms with Crippen molar-refractivity contribution in [1.29, 1.82) is 0 Å². The molecule has 2 atom stereocenters. The Hall–Kier alpha value is -0.620. The summed E-state index contributed by atoms with van der Waals surface area (Å²) in [6.07, 6.45) is 0.974. The SMILES string of the molecule is CC1CCN(C(=O)c2ccc(I)cc2)C1CO. The molecule has 1 N–H and O–H groups in total. The van der Waals surface area contributed by atoms with Crippen LogP contribution in [0.1, 0.15) is 23.7 Å². The van der Waals surface area contributed by atoms with Gasteiger partial charge in [-0.15, -0.1) is 0 Å². The second kappa shape index (κ2) is 5.35. The summed E-state index contributed by atoms with van der Waals surface area (Å²) < 4.78 is 1.12. The Bertz CT molecular complexity index is 404. The zero-order valence-corrected chi connectivity index (χ0v) is 11.9. The van der Waals surface area contributed by atoms with Crippen LogP contribution in [-0.2, 0) is 0 Å². The molecule has 1 aliphatic heterocycles. The van der Waals surface area contributed by atoms with E-state index in [0.717, 1.165) is 16.5 Å². The van der Waals surface area contributed by atoms with E-state index in [0.29, 0.717) is 11.5 Å². The third kappa shape index (κ3) is 2.63. The van der Waals surface area contributed by atoms with Crippen LogP contribution in [0.3, 0.4) is 0 Å². The van der Waals surface area contributed by atoms with E-state index in [1.54, 1.807) is 4.90 Å².